The average Bonchev–Trinajstić information content (AvgIpc) is 3.57. The largest absolute Gasteiger partial charge is 0.335 e. The SMILES string of the molecule is Cc1nn(Cc2ccc(F)cc2)c2sc(C(=O)N(CC3CC3)C3CC3)cc12. The van der Waals surface area contributed by atoms with Crippen molar-refractivity contribution >= 4 is 27.5 Å². The fraction of sp³-hybridized carbons (Fsp3) is 0.429. The standard InChI is InChI=1S/C21H22FN3OS/c1-13-18-10-19(20(26)24(17-8-9-17)11-14-2-3-14)27-21(18)25(23-13)12-15-4-6-16(22)7-5-15/h4-7,10,14,17H,2-3,8-9,11-12H2,1H3. The summed E-state index contributed by atoms with van der Waals surface area (Å²) in [6.07, 6.45) is 4.80. The van der Waals surface area contributed by atoms with Crippen LogP contribution < -0.4 is 0 Å². The molecule has 5 rings (SSSR count). The van der Waals surface area contributed by atoms with Gasteiger partial charge in [0.2, 0.25) is 0 Å². The van der Waals surface area contributed by atoms with E-state index in [1.165, 1.54) is 36.3 Å². The van der Waals surface area contributed by atoms with E-state index < -0.39 is 0 Å². The van der Waals surface area contributed by atoms with E-state index in [1.54, 1.807) is 12.1 Å². The summed E-state index contributed by atoms with van der Waals surface area (Å²) in [6.45, 7) is 3.47. The molecule has 0 N–H and O–H groups in total. The lowest BCUT2D eigenvalue weighted by Crippen LogP contribution is -2.34. The van der Waals surface area contributed by atoms with Crippen LogP contribution in [-0.2, 0) is 6.54 Å². The topological polar surface area (TPSA) is 38.1 Å². The maximum absolute atomic E-state index is 13.2. The summed E-state index contributed by atoms with van der Waals surface area (Å²) < 4.78 is 15.1. The summed E-state index contributed by atoms with van der Waals surface area (Å²) in [5.74, 6) is 0.651. The zero-order valence-electron chi connectivity index (χ0n) is 15.3. The Bertz CT molecular complexity index is 999. The number of aryl methyl sites for hydroxylation is 1. The molecular weight excluding hydrogens is 361 g/mol. The van der Waals surface area contributed by atoms with Crippen LogP contribution >= 0.6 is 11.3 Å². The molecule has 140 valence electrons. The summed E-state index contributed by atoms with van der Waals surface area (Å²) in [6, 6.07) is 8.95. The lowest BCUT2D eigenvalue weighted by molar-refractivity contribution is 0.0740. The fourth-order valence-corrected chi connectivity index (χ4v) is 4.71. The van der Waals surface area contributed by atoms with Gasteiger partial charge in [-0.3, -0.25) is 9.48 Å². The van der Waals surface area contributed by atoms with Crippen molar-refractivity contribution in [3.8, 4) is 0 Å². The van der Waals surface area contributed by atoms with Gasteiger partial charge in [0.25, 0.3) is 5.91 Å². The van der Waals surface area contributed by atoms with Gasteiger partial charge in [0, 0.05) is 18.0 Å². The van der Waals surface area contributed by atoms with Gasteiger partial charge in [-0.25, -0.2) is 4.39 Å². The highest BCUT2D eigenvalue weighted by molar-refractivity contribution is 7.20. The Morgan fingerprint density at radius 1 is 1.26 bits per heavy atom. The van der Waals surface area contributed by atoms with E-state index >= 15 is 0 Å². The van der Waals surface area contributed by atoms with Crippen molar-refractivity contribution in [3.63, 3.8) is 0 Å². The third-order valence-electron chi connectivity index (χ3n) is 5.46. The van der Waals surface area contributed by atoms with E-state index in [-0.39, 0.29) is 11.7 Å². The second-order valence-corrected chi connectivity index (χ2v) is 8.86. The first-order chi connectivity index (χ1) is 13.1. The van der Waals surface area contributed by atoms with Gasteiger partial charge in [-0.05, 0) is 62.3 Å². The van der Waals surface area contributed by atoms with E-state index in [4.69, 9.17) is 0 Å². The van der Waals surface area contributed by atoms with Gasteiger partial charge in [-0.1, -0.05) is 12.1 Å². The molecule has 3 aromatic rings. The van der Waals surface area contributed by atoms with Crippen molar-refractivity contribution < 1.29 is 9.18 Å². The summed E-state index contributed by atoms with van der Waals surface area (Å²) in [4.78, 5) is 17.1. The quantitative estimate of drug-likeness (QED) is 0.623. The Labute approximate surface area is 161 Å². The highest BCUT2D eigenvalue weighted by atomic mass is 32.1. The molecule has 27 heavy (non-hydrogen) atoms. The lowest BCUT2D eigenvalue weighted by atomic mass is 10.2. The van der Waals surface area contributed by atoms with Gasteiger partial charge in [0.05, 0.1) is 17.1 Å². The predicted octanol–water partition coefficient (Wildman–Crippen LogP) is 4.61. The van der Waals surface area contributed by atoms with Crippen LogP contribution in [0.4, 0.5) is 4.39 Å². The number of rotatable bonds is 6. The molecule has 0 atom stereocenters. The fourth-order valence-electron chi connectivity index (χ4n) is 3.59. The molecule has 0 unspecified atom stereocenters. The van der Waals surface area contributed by atoms with E-state index in [9.17, 15) is 9.18 Å². The third kappa shape index (κ3) is 3.38. The summed E-state index contributed by atoms with van der Waals surface area (Å²) in [5, 5.41) is 5.68. The van der Waals surface area contributed by atoms with Crippen molar-refractivity contribution in [2.75, 3.05) is 6.54 Å². The minimum absolute atomic E-state index is 0.179. The van der Waals surface area contributed by atoms with Crippen LogP contribution in [0.5, 0.6) is 0 Å². The maximum atomic E-state index is 13.2. The van der Waals surface area contributed by atoms with Crippen LogP contribution in [0.1, 0.15) is 46.6 Å². The number of hydrogen-bond acceptors (Lipinski definition) is 3. The van der Waals surface area contributed by atoms with Crippen LogP contribution in [0.2, 0.25) is 0 Å². The molecule has 2 saturated carbocycles. The Hall–Kier alpha value is -2.21. The van der Waals surface area contributed by atoms with Crippen LogP contribution in [0.15, 0.2) is 30.3 Å². The number of benzene rings is 1. The first-order valence-corrected chi connectivity index (χ1v) is 10.4. The minimum atomic E-state index is -0.236. The van der Waals surface area contributed by atoms with E-state index in [1.807, 2.05) is 17.7 Å². The number of halogens is 1. The first-order valence-electron chi connectivity index (χ1n) is 9.61. The van der Waals surface area contributed by atoms with E-state index in [2.05, 4.69) is 10.00 Å². The number of hydrogen-bond donors (Lipinski definition) is 0. The second kappa shape index (κ2) is 6.44. The number of amides is 1. The molecule has 2 aliphatic rings. The normalized spacial score (nSPS) is 16.8. The Balaban J connectivity index is 1.44. The molecular formula is C21H22FN3OS. The Kier molecular flexibility index (Phi) is 4.04. The molecule has 0 radical (unpaired) electrons. The van der Waals surface area contributed by atoms with Crippen LogP contribution in [0.25, 0.3) is 10.2 Å². The molecule has 1 aromatic carbocycles. The zero-order chi connectivity index (χ0) is 18.5. The van der Waals surface area contributed by atoms with Crippen LogP contribution in [-0.4, -0.2) is 33.2 Å². The molecule has 2 heterocycles. The van der Waals surface area contributed by atoms with Crippen LogP contribution in [0, 0.1) is 18.7 Å². The molecule has 0 bridgehead atoms. The second-order valence-electron chi connectivity index (χ2n) is 7.83. The molecule has 6 heteroatoms. The molecule has 4 nitrogen and oxygen atoms in total. The highest BCUT2D eigenvalue weighted by Gasteiger charge is 2.37. The van der Waals surface area contributed by atoms with Crippen molar-refractivity contribution in [2.45, 2.75) is 45.2 Å². The third-order valence-corrected chi connectivity index (χ3v) is 6.60. The number of fused-ring (bicyclic) bond motifs is 1. The smallest absolute Gasteiger partial charge is 0.264 e. The average molecular weight is 383 g/mol. The minimum Gasteiger partial charge on any atom is -0.335 e. The van der Waals surface area contributed by atoms with Crippen molar-refractivity contribution in [3.05, 3.63) is 52.3 Å². The van der Waals surface area contributed by atoms with Crippen molar-refractivity contribution in [1.82, 2.24) is 14.7 Å². The molecule has 0 saturated heterocycles. The molecule has 0 spiro atoms. The van der Waals surface area contributed by atoms with Gasteiger partial charge < -0.3 is 4.90 Å². The number of carbonyl (C=O) groups excluding carboxylic acids is 1. The van der Waals surface area contributed by atoms with Gasteiger partial charge in [-0.2, -0.15) is 5.10 Å². The van der Waals surface area contributed by atoms with Crippen LogP contribution in [0.3, 0.4) is 0 Å². The number of nitrogens with zero attached hydrogens (tertiary/aromatic N) is 3. The van der Waals surface area contributed by atoms with Crippen molar-refractivity contribution in [1.29, 1.82) is 0 Å². The van der Waals surface area contributed by atoms with Gasteiger partial charge in [0.1, 0.15) is 10.6 Å². The number of carbonyl (C=O) groups is 1. The molecule has 2 aromatic heterocycles. The highest BCUT2D eigenvalue weighted by Crippen LogP contribution is 2.37. The number of thiophene rings is 1. The molecule has 2 fully saturated rings. The Morgan fingerprint density at radius 2 is 2.00 bits per heavy atom. The first kappa shape index (κ1) is 16.9. The lowest BCUT2D eigenvalue weighted by Gasteiger charge is -2.21. The summed E-state index contributed by atoms with van der Waals surface area (Å²) in [7, 11) is 0. The van der Waals surface area contributed by atoms with Crippen molar-refractivity contribution in [2.24, 2.45) is 5.92 Å². The van der Waals surface area contributed by atoms with Gasteiger partial charge in [-0.15, -0.1) is 11.3 Å². The monoisotopic (exact) mass is 383 g/mol. The summed E-state index contributed by atoms with van der Waals surface area (Å²) in [5.41, 5.74) is 1.93. The zero-order valence-corrected chi connectivity index (χ0v) is 16.1. The maximum Gasteiger partial charge on any atom is 0.264 e. The number of aromatic nitrogens is 2. The Morgan fingerprint density at radius 3 is 2.67 bits per heavy atom. The molecule has 0 aliphatic heterocycles. The molecule has 1 amide bonds. The van der Waals surface area contributed by atoms with Gasteiger partial charge >= 0.3 is 0 Å². The van der Waals surface area contributed by atoms with Gasteiger partial charge in [0.15, 0.2) is 0 Å². The van der Waals surface area contributed by atoms with E-state index in [0.717, 1.165) is 45.7 Å². The molecule has 2 aliphatic carbocycles. The predicted molar refractivity (Wildman–Crippen MR) is 105 cm³/mol. The van der Waals surface area contributed by atoms with E-state index in [0.29, 0.717) is 18.5 Å². The summed E-state index contributed by atoms with van der Waals surface area (Å²) >= 11 is 1.53.